The number of carbonyl (C=O) groups is 5. The SMILES string of the molecule is C=C1CCC(N2C(=O)c3ccc(NCCOCCOCCOCCC(=O)NCCc4ccc(N5C[C@H]6C[C@@H]5CN6/C=C/C(=O)c5ccccc5O)cc4)cc3C2=O)C(=O)N1. The lowest BCUT2D eigenvalue weighted by molar-refractivity contribution is -0.125. The van der Waals surface area contributed by atoms with Crippen LogP contribution in [0.2, 0.25) is 0 Å². The monoisotopic (exact) mass is 820 g/mol. The van der Waals surface area contributed by atoms with Crippen molar-refractivity contribution >= 4 is 40.8 Å². The number of piperidine rings is 1. The summed E-state index contributed by atoms with van der Waals surface area (Å²) in [5.74, 6) is -1.61. The minimum Gasteiger partial charge on any atom is -0.507 e. The molecule has 15 nitrogen and oxygen atoms in total. The molecule has 3 aromatic rings. The summed E-state index contributed by atoms with van der Waals surface area (Å²) in [5, 5.41) is 18.7. The fraction of sp³-hybridized carbons (Fsp3) is 0.400. The Kier molecular flexibility index (Phi) is 13.9. The van der Waals surface area contributed by atoms with Crippen LogP contribution >= 0.6 is 0 Å². The second-order valence-corrected chi connectivity index (χ2v) is 15.3. The summed E-state index contributed by atoms with van der Waals surface area (Å²) in [6.07, 6.45) is 6.30. The topological polar surface area (TPSA) is 179 Å². The number of nitrogens with zero attached hydrogens (tertiary/aromatic N) is 3. The molecule has 60 heavy (non-hydrogen) atoms. The fourth-order valence-electron chi connectivity index (χ4n) is 8.06. The Morgan fingerprint density at radius 2 is 1.58 bits per heavy atom. The maximum Gasteiger partial charge on any atom is 0.262 e. The number of phenolic OH excluding ortho intramolecular Hbond substituents is 1. The zero-order chi connectivity index (χ0) is 42.0. The van der Waals surface area contributed by atoms with E-state index in [2.05, 4.69) is 56.6 Å². The molecule has 3 aromatic carbocycles. The number of benzene rings is 3. The first-order valence-electron chi connectivity index (χ1n) is 20.5. The van der Waals surface area contributed by atoms with Gasteiger partial charge in [-0.15, -0.1) is 0 Å². The summed E-state index contributed by atoms with van der Waals surface area (Å²) in [6, 6.07) is 19.9. The molecule has 4 N–H and O–H groups in total. The number of imide groups is 1. The van der Waals surface area contributed by atoms with E-state index in [1.165, 1.54) is 11.8 Å². The highest BCUT2D eigenvalue weighted by Crippen LogP contribution is 2.35. The summed E-state index contributed by atoms with van der Waals surface area (Å²) in [6.45, 7) is 8.72. The number of ether oxygens (including phenoxy) is 3. The third kappa shape index (κ3) is 10.2. The Morgan fingerprint density at radius 1 is 0.850 bits per heavy atom. The van der Waals surface area contributed by atoms with Crippen LogP contribution in [0.25, 0.3) is 0 Å². The summed E-state index contributed by atoms with van der Waals surface area (Å²) >= 11 is 0. The molecule has 1 unspecified atom stereocenters. The van der Waals surface area contributed by atoms with Crippen LogP contribution in [0.15, 0.2) is 91.3 Å². The van der Waals surface area contributed by atoms with E-state index in [1.54, 1.807) is 42.5 Å². The third-order valence-corrected chi connectivity index (χ3v) is 11.2. The molecule has 0 aromatic heterocycles. The highest BCUT2D eigenvalue weighted by molar-refractivity contribution is 6.23. The van der Waals surface area contributed by atoms with Crippen LogP contribution in [0, 0.1) is 0 Å². The number of fused-ring (bicyclic) bond motifs is 3. The van der Waals surface area contributed by atoms with Crippen LogP contribution in [0.4, 0.5) is 11.4 Å². The number of amides is 4. The van der Waals surface area contributed by atoms with Crippen molar-refractivity contribution in [3.63, 3.8) is 0 Å². The number of nitrogens with one attached hydrogen (secondary N) is 3. The number of allylic oxidation sites excluding steroid dienone is 2. The van der Waals surface area contributed by atoms with Gasteiger partial charge in [0.2, 0.25) is 11.8 Å². The minimum absolute atomic E-state index is 0.00762. The maximum absolute atomic E-state index is 13.1. The van der Waals surface area contributed by atoms with Gasteiger partial charge in [0, 0.05) is 74.0 Å². The maximum atomic E-state index is 13.1. The Morgan fingerprint density at radius 3 is 2.32 bits per heavy atom. The third-order valence-electron chi connectivity index (χ3n) is 11.2. The van der Waals surface area contributed by atoms with Crippen molar-refractivity contribution in [1.82, 2.24) is 20.4 Å². The van der Waals surface area contributed by atoms with Crippen LogP contribution in [0.1, 0.15) is 62.3 Å². The van der Waals surface area contributed by atoms with E-state index in [4.69, 9.17) is 14.2 Å². The van der Waals surface area contributed by atoms with E-state index < -0.39 is 23.8 Å². The first-order valence-corrected chi connectivity index (χ1v) is 20.5. The Hall–Kier alpha value is -6.03. The predicted molar refractivity (Wildman–Crippen MR) is 224 cm³/mol. The average Bonchev–Trinajstić information content (AvgIpc) is 3.92. The van der Waals surface area contributed by atoms with Gasteiger partial charge >= 0.3 is 0 Å². The van der Waals surface area contributed by atoms with Gasteiger partial charge < -0.3 is 45.1 Å². The lowest BCUT2D eigenvalue weighted by Crippen LogP contribution is -2.51. The normalized spacial score (nSPS) is 19.7. The van der Waals surface area contributed by atoms with Gasteiger partial charge in [-0.25, -0.2) is 0 Å². The standard InChI is InChI=1S/C45H52N6O9/c1-30-6-13-39(43(55)48-30)51-44(56)36-12-9-32(26-38(36)45(51)57)46-18-21-59-23-25-60-24-22-58-20-16-42(54)47-17-14-31-7-10-33(11-8-31)50-29-34-27-35(50)28-49(34)19-15-41(53)37-4-2-3-5-40(37)52/h2-5,7-12,15,19,26,34-35,39,46,52H,1,6,13-14,16-18,20-25,27-29H2,(H,47,54)(H,48,55)/b19-15+/t34-,35-,39?/m1/s1. The Bertz CT molecular complexity index is 2110. The summed E-state index contributed by atoms with van der Waals surface area (Å²) < 4.78 is 16.7. The second kappa shape index (κ2) is 19.8. The van der Waals surface area contributed by atoms with Gasteiger partial charge in [-0.1, -0.05) is 30.8 Å². The smallest absolute Gasteiger partial charge is 0.262 e. The number of likely N-dealkylation sites (tertiary alicyclic amines) is 1. The van der Waals surface area contributed by atoms with Crippen molar-refractivity contribution in [2.75, 3.05) is 76.0 Å². The number of ketones is 1. The number of carbonyl (C=O) groups excluding carboxylic acids is 5. The number of para-hydroxylation sites is 1. The van der Waals surface area contributed by atoms with Crippen LogP contribution < -0.4 is 20.9 Å². The molecule has 4 aliphatic rings. The molecule has 3 fully saturated rings. The highest BCUT2D eigenvalue weighted by Gasteiger charge is 2.44. The number of piperazine rings is 1. The molecule has 4 aliphatic heterocycles. The lowest BCUT2D eigenvalue weighted by Gasteiger charge is -2.35. The van der Waals surface area contributed by atoms with Crippen molar-refractivity contribution in [3.8, 4) is 5.75 Å². The highest BCUT2D eigenvalue weighted by atomic mass is 16.5. The number of anilines is 2. The van der Waals surface area contributed by atoms with Gasteiger partial charge in [-0.2, -0.15) is 0 Å². The summed E-state index contributed by atoms with van der Waals surface area (Å²) in [5.41, 5.74) is 4.43. The van der Waals surface area contributed by atoms with E-state index in [-0.39, 0.29) is 35.0 Å². The molecule has 2 bridgehead atoms. The fourth-order valence-corrected chi connectivity index (χ4v) is 8.06. The first-order chi connectivity index (χ1) is 29.2. The average molecular weight is 821 g/mol. The largest absolute Gasteiger partial charge is 0.507 e. The van der Waals surface area contributed by atoms with E-state index in [0.29, 0.717) is 94.6 Å². The number of aromatic hydroxyl groups is 1. The quantitative estimate of drug-likeness (QED) is 0.0532. The summed E-state index contributed by atoms with van der Waals surface area (Å²) in [7, 11) is 0. The molecule has 0 spiro atoms. The number of phenols is 1. The van der Waals surface area contributed by atoms with Gasteiger partial charge in [0.25, 0.3) is 11.8 Å². The van der Waals surface area contributed by atoms with Crippen LogP contribution in [0.5, 0.6) is 5.75 Å². The predicted octanol–water partition coefficient (Wildman–Crippen LogP) is 3.65. The van der Waals surface area contributed by atoms with E-state index in [9.17, 15) is 29.1 Å². The van der Waals surface area contributed by atoms with Gasteiger partial charge in [-0.3, -0.25) is 28.9 Å². The van der Waals surface area contributed by atoms with Crippen molar-refractivity contribution in [2.45, 2.75) is 50.2 Å². The lowest BCUT2D eigenvalue weighted by atomic mass is 10.0. The van der Waals surface area contributed by atoms with Crippen molar-refractivity contribution in [2.24, 2.45) is 0 Å². The minimum atomic E-state index is -0.845. The van der Waals surface area contributed by atoms with Crippen LogP contribution in [-0.4, -0.2) is 128 Å². The molecule has 7 rings (SSSR count). The molecule has 0 saturated carbocycles. The molecule has 0 aliphatic carbocycles. The van der Waals surface area contributed by atoms with Gasteiger partial charge in [0.1, 0.15) is 11.8 Å². The molecule has 3 atom stereocenters. The molecule has 316 valence electrons. The first kappa shape index (κ1) is 42.1. The Labute approximate surface area is 349 Å². The van der Waals surface area contributed by atoms with E-state index in [0.717, 1.165) is 36.4 Å². The number of hydrogen-bond donors (Lipinski definition) is 4. The van der Waals surface area contributed by atoms with Crippen molar-refractivity contribution < 1.29 is 43.3 Å². The molecule has 4 heterocycles. The molecule has 15 heteroatoms. The Balaban J connectivity index is 0.683. The number of hydrogen-bond acceptors (Lipinski definition) is 12. The molecule has 0 radical (unpaired) electrons. The second-order valence-electron chi connectivity index (χ2n) is 15.3. The van der Waals surface area contributed by atoms with Crippen molar-refractivity contribution in [3.05, 3.63) is 114 Å². The number of rotatable bonds is 21. The zero-order valence-corrected chi connectivity index (χ0v) is 33.6. The van der Waals surface area contributed by atoms with E-state index in [1.807, 2.05) is 6.20 Å². The molecule has 4 amide bonds. The van der Waals surface area contributed by atoms with Crippen molar-refractivity contribution in [1.29, 1.82) is 0 Å². The van der Waals surface area contributed by atoms with E-state index >= 15 is 0 Å². The molecular weight excluding hydrogens is 769 g/mol. The van der Waals surface area contributed by atoms with Crippen LogP contribution in [0.3, 0.4) is 0 Å². The molecular formula is C45H52N6O9. The van der Waals surface area contributed by atoms with Gasteiger partial charge in [0.05, 0.1) is 56.3 Å². The van der Waals surface area contributed by atoms with Gasteiger partial charge in [-0.05, 0) is 73.7 Å². The van der Waals surface area contributed by atoms with Gasteiger partial charge in [0.15, 0.2) is 5.78 Å². The molecule has 3 saturated heterocycles. The van der Waals surface area contributed by atoms with Crippen LogP contribution in [-0.2, 0) is 30.2 Å². The zero-order valence-electron chi connectivity index (χ0n) is 33.6. The summed E-state index contributed by atoms with van der Waals surface area (Å²) in [4.78, 5) is 68.9.